The summed E-state index contributed by atoms with van der Waals surface area (Å²) in [5, 5.41) is 0. The van der Waals surface area contributed by atoms with E-state index in [1.807, 2.05) is 0 Å². The third kappa shape index (κ3) is 47.5. The summed E-state index contributed by atoms with van der Waals surface area (Å²) in [7, 11) is 0. The van der Waals surface area contributed by atoms with E-state index in [2.05, 4.69) is 106 Å². The van der Waals surface area contributed by atoms with Gasteiger partial charge >= 0.3 is 17.9 Å². The van der Waals surface area contributed by atoms with Crippen molar-refractivity contribution in [1.29, 1.82) is 0 Å². The molecule has 0 aromatic carbocycles. The molecule has 0 saturated carbocycles. The molecule has 0 aliphatic carbocycles. The molecule has 0 amide bonds. The van der Waals surface area contributed by atoms with E-state index in [1.165, 1.54) is 83.5 Å². The first-order chi connectivity index (χ1) is 30.0. The Bertz CT molecular complexity index is 1200. The molecule has 0 radical (unpaired) electrons. The number of hydrogen-bond acceptors (Lipinski definition) is 6. The number of esters is 3. The van der Waals surface area contributed by atoms with Crippen molar-refractivity contribution in [2.24, 2.45) is 0 Å². The number of allylic oxidation sites excluding steroid dienone is 14. The van der Waals surface area contributed by atoms with Crippen LogP contribution in [0.4, 0.5) is 0 Å². The van der Waals surface area contributed by atoms with Gasteiger partial charge in [-0.05, 0) is 109 Å². The minimum Gasteiger partial charge on any atom is -0.462 e. The summed E-state index contributed by atoms with van der Waals surface area (Å²) >= 11 is 0. The fraction of sp³-hybridized carbons (Fsp3) is 0.691. The first-order valence-electron chi connectivity index (χ1n) is 25.1. The lowest BCUT2D eigenvalue weighted by Gasteiger charge is -2.18. The van der Waals surface area contributed by atoms with Crippen LogP contribution in [0.15, 0.2) is 85.1 Å². The molecule has 0 saturated heterocycles. The summed E-state index contributed by atoms with van der Waals surface area (Å²) in [4.78, 5) is 37.9. The summed E-state index contributed by atoms with van der Waals surface area (Å²) in [5.74, 6) is -0.981. The molecule has 0 aromatic heterocycles. The molecular weight excluding hydrogens is 757 g/mol. The molecule has 0 bridgehead atoms. The number of unbranched alkanes of at least 4 members (excludes halogenated alkanes) is 19. The molecule has 6 heteroatoms. The highest BCUT2D eigenvalue weighted by atomic mass is 16.6. The van der Waals surface area contributed by atoms with Crippen molar-refractivity contribution in [2.75, 3.05) is 13.2 Å². The largest absolute Gasteiger partial charge is 0.462 e. The van der Waals surface area contributed by atoms with Crippen LogP contribution >= 0.6 is 0 Å². The van der Waals surface area contributed by atoms with Crippen LogP contribution in [0.25, 0.3) is 0 Å². The van der Waals surface area contributed by atoms with Crippen LogP contribution < -0.4 is 0 Å². The van der Waals surface area contributed by atoms with Gasteiger partial charge in [-0.15, -0.1) is 0 Å². The summed E-state index contributed by atoms with van der Waals surface area (Å²) in [6.45, 7) is 6.41. The van der Waals surface area contributed by atoms with Crippen molar-refractivity contribution < 1.29 is 28.6 Å². The molecular formula is C55H92O6. The lowest BCUT2D eigenvalue weighted by Crippen LogP contribution is -2.30. The quantitative estimate of drug-likeness (QED) is 0.0263. The molecule has 1 unspecified atom stereocenters. The summed E-state index contributed by atoms with van der Waals surface area (Å²) in [5.41, 5.74) is 0. The average Bonchev–Trinajstić information content (AvgIpc) is 3.26. The lowest BCUT2D eigenvalue weighted by molar-refractivity contribution is -0.167. The smallest absolute Gasteiger partial charge is 0.306 e. The normalized spacial score (nSPS) is 12.8. The molecule has 0 rings (SSSR count). The highest BCUT2D eigenvalue weighted by Crippen LogP contribution is 2.13. The van der Waals surface area contributed by atoms with Crippen molar-refractivity contribution in [1.82, 2.24) is 0 Å². The maximum atomic E-state index is 12.8. The Morgan fingerprint density at radius 2 is 0.656 bits per heavy atom. The van der Waals surface area contributed by atoms with Gasteiger partial charge in [-0.25, -0.2) is 0 Å². The van der Waals surface area contributed by atoms with Crippen molar-refractivity contribution in [3.05, 3.63) is 85.1 Å². The Labute approximate surface area is 375 Å². The number of ether oxygens (including phenoxy) is 3. The zero-order chi connectivity index (χ0) is 44.4. The minimum atomic E-state index is -0.805. The van der Waals surface area contributed by atoms with E-state index in [4.69, 9.17) is 14.2 Å². The highest BCUT2D eigenvalue weighted by molar-refractivity contribution is 5.71. The standard InChI is InChI=1S/C55H92O6/c1-4-7-10-13-16-19-22-25-27-28-29-31-33-36-39-42-45-48-54(57)60-51-52(50-59-53(56)47-44-41-38-35-32-24-21-18-15-12-9-6-3)61-55(58)49-46-43-40-37-34-30-26-23-20-17-14-11-8-5-2/h8,11,16-21,25,27,29,31,36,39,52H,4-7,9-10,12-15,22-24,26,28,30,32-35,37-38,40-51H2,1-3H3/b11-8-,19-16-,20-17-,21-18-,27-25-,31-29-,39-36-. The van der Waals surface area contributed by atoms with Crippen LogP contribution in [-0.4, -0.2) is 37.2 Å². The van der Waals surface area contributed by atoms with E-state index in [1.54, 1.807) is 0 Å². The first-order valence-corrected chi connectivity index (χ1v) is 25.1. The lowest BCUT2D eigenvalue weighted by atomic mass is 10.1. The molecule has 61 heavy (non-hydrogen) atoms. The summed E-state index contributed by atoms with van der Waals surface area (Å²) in [6.07, 6.45) is 62.8. The number of carbonyl (C=O) groups is 3. The third-order valence-electron chi connectivity index (χ3n) is 10.4. The van der Waals surface area contributed by atoms with Gasteiger partial charge in [-0.2, -0.15) is 0 Å². The molecule has 0 N–H and O–H groups in total. The fourth-order valence-corrected chi connectivity index (χ4v) is 6.58. The van der Waals surface area contributed by atoms with E-state index >= 15 is 0 Å². The maximum Gasteiger partial charge on any atom is 0.306 e. The molecule has 0 heterocycles. The van der Waals surface area contributed by atoms with Crippen LogP contribution in [0.3, 0.4) is 0 Å². The summed E-state index contributed by atoms with van der Waals surface area (Å²) in [6, 6.07) is 0. The number of carbonyl (C=O) groups excluding carboxylic acids is 3. The monoisotopic (exact) mass is 849 g/mol. The SMILES string of the molecule is CC/C=C\C/C=C\CCCCCCCCCC(=O)OC(COC(=O)CCC/C=C\C/C=C\C/C=C\C/C=C\CCCCC)COC(=O)CCCCCCC/C=C\CCCCC. The Hall–Kier alpha value is -3.41. The van der Waals surface area contributed by atoms with Crippen LogP contribution in [0.1, 0.15) is 226 Å². The molecule has 6 nitrogen and oxygen atoms in total. The van der Waals surface area contributed by atoms with Gasteiger partial charge in [-0.1, -0.05) is 183 Å². The summed E-state index contributed by atoms with van der Waals surface area (Å²) < 4.78 is 16.7. The van der Waals surface area contributed by atoms with E-state index in [0.717, 1.165) is 96.3 Å². The molecule has 0 aliphatic rings. The van der Waals surface area contributed by atoms with Crippen LogP contribution in [0.5, 0.6) is 0 Å². The van der Waals surface area contributed by atoms with E-state index < -0.39 is 6.10 Å². The van der Waals surface area contributed by atoms with Crippen LogP contribution in [0, 0.1) is 0 Å². The minimum absolute atomic E-state index is 0.102. The van der Waals surface area contributed by atoms with Crippen molar-refractivity contribution in [3.63, 3.8) is 0 Å². The van der Waals surface area contributed by atoms with Gasteiger partial charge in [0, 0.05) is 19.3 Å². The van der Waals surface area contributed by atoms with E-state index in [9.17, 15) is 14.4 Å². The Morgan fingerprint density at radius 1 is 0.344 bits per heavy atom. The number of hydrogen-bond donors (Lipinski definition) is 0. The fourth-order valence-electron chi connectivity index (χ4n) is 6.58. The van der Waals surface area contributed by atoms with E-state index in [-0.39, 0.29) is 37.5 Å². The van der Waals surface area contributed by atoms with Crippen molar-refractivity contribution in [3.8, 4) is 0 Å². The van der Waals surface area contributed by atoms with Gasteiger partial charge in [0.25, 0.3) is 0 Å². The van der Waals surface area contributed by atoms with Crippen molar-refractivity contribution >= 4 is 17.9 Å². The van der Waals surface area contributed by atoms with Crippen molar-refractivity contribution in [2.45, 2.75) is 232 Å². The average molecular weight is 849 g/mol. The van der Waals surface area contributed by atoms with Gasteiger partial charge in [0.15, 0.2) is 6.10 Å². The second kappa shape index (κ2) is 49.2. The topological polar surface area (TPSA) is 78.9 Å². The van der Waals surface area contributed by atoms with E-state index in [0.29, 0.717) is 19.3 Å². The van der Waals surface area contributed by atoms with Crippen LogP contribution in [-0.2, 0) is 28.6 Å². The number of rotatable bonds is 44. The van der Waals surface area contributed by atoms with Gasteiger partial charge in [0.2, 0.25) is 0 Å². The van der Waals surface area contributed by atoms with Gasteiger partial charge in [0.1, 0.15) is 13.2 Å². The van der Waals surface area contributed by atoms with Gasteiger partial charge in [-0.3, -0.25) is 14.4 Å². The Balaban J connectivity index is 4.49. The molecule has 1 atom stereocenters. The zero-order valence-electron chi connectivity index (χ0n) is 39.7. The molecule has 0 spiro atoms. The maximum absolute atomic E-state index is 12.8. The highest BCUT2D eigenvalue weighted by Gasteiger charge is 2.19. The Morgan fingerprint density at radius 3 is 1.08 bits per heavy atom. The van der Waals surface area contributed by atoms with Gasteiger partial charge < -0.3 is 14.2 Å². The van der Waals surface area contributed by atoms with Gasteiger partial charge in [0.05, 0.1) is 0 Å². The molecule has 0 aliphatic heterocycles. The Kier molecular flexibility index (Phi) is 46.5. The molecule has 0 aromatic rings. The first kappa shape index (κ1) is 57.6. The predicted molar refractivity (Wildman–Crippen MR) is 261 cm³/mol. The van der Waals surface area contributed by atoms with Crippen LogP contribution in [0.2, 0.25) is 0 Å². The molecule has 0 fully saturated rings. The zero-order valence-corrected chi connectivity index (χ0v) is 39.7. The second-order valence-corrected chi connectivity index (χ2v) is 16.3. The predicted octanol–water partition coefficient (Wildman–Crippen LogP) is 16.4. The molecule has 348 valence electrons. The third-order valence-corrected chi connectivity index (χ3v) is 10.4. The second-order valence-electron chi connectivity index (χ2n) is 16.3.